The third-order valence-electron chi connectivity index (χ3n) is 3.35. The van der Waals surface area contributed by atoms with Gasteiger partial charge in [0.05, 0.1) is 11.8 Å². The largest absolute Gasteiger partial charge is 0.294 e. The highest BCUT2D eigenvalue weighted by molar-refractivity contribution is 7.89. The van der Waals surface area contributed by atoms with Gasteiger partial charge in [-0.25, -0.2) is 12.4 Å². The zero-order valence-corrected chi connectivity index (χ0v) is 10.8. The van der Waals surface area contributed by atoms with Crippen molar-refractivity contribution in [1.29, 1.82) is 0 Å². The Morgan fingerprint density at radius 2 is 1.89 bits per heavy atom. The summed E-state index contributed by atoms with van der Waals surface area (Å²) >= 11 is 0. The lowest BCUT2D eigenvalue weighted by atomic mass is 9.94. The van der Waals surface area contributed by atoms with Crippen LogP contribution >= 0.6 is 0 Å². The van der Waals surface area contributed by atoms with Gasteiger partial charge in [-0.05, 0) is 18.9 Å². The molecule has 5 heteroatoms. The van der Waals surface area contributed by atoms with E-state index in [9.17, 15) is 13.2 Å². The van der Waals surface area contributed by atoms with Crippen LogP contribution in [0.4, 0.5) is 0 Å². The van der Waals surface area contributed by atoms with Crippen LogP contribution in [0.1, 0.15) is 28.9 Å². The number of fused-ring (bicyclic) bond motifs is 3. The normalized spacial score (nSPS) is 15.9. The number of nitrogens with zero attached hydrogens (tertiary/aromatic N) is 1. The molecule has 1 aliphatic carbocycles. The maximum absolute atomic E-state index is 12.0. The maximum Gasteiger partial charge on any atom is 0.236 e. The van der Waals surface area contributed by atoms with E-state index in [1.165, 1.54) is 10.2 Å². The Morgan fingerprint density at radius 1 is 1.17 bits per heavy atom. The molecule has 0 N–H and O–H groups in total. The third-order valence-corrected chi connectivity index (χ3v) is 4.43. The minimum absolute atomic E-state index is 0.0508. The highest BCUT2D eigenvalue weighted by atomic mass is 32.2. The second-order valence-corrected chi connectivity index (χ2v) is 6.47. The summed E-state index contributed by atoms with van der Waals surface area (Å²) in [4.78, 5) is 12.0. The average Bonchev–Trinajstić information content (AvgIpc) is 2.63. The van der Waals surface area contributed by atoms with Crippen LogP contribution in [0, 0.1) is 0 Å². The van der Waals surface area contributed by atoms with Crippen LogP contribution < -0.4 is 0 Å². The van der Waals surface area contributed by atoms with Gasteiger partial charge in [0.2, 0.25) is 10.0 Å². The first-order valence-corrected chi connectivity index (χ1v) is 7.71. The second-order valence-electron chi connectivity index (χ2n) is 4.64. The molecule has 0 atom stereocenters. The summed E-state index contributed by atoms with van der Waals surface area (Å²) in [6.07, 6.45) is 3.05. The van der Waals surface area contributed by atoms with E-state index in [1.807, 2.05) is 12.1 Å². The van der Waals surface area contributed by atoms with Crippen molar-refractivity contribution >= 4 is 26.7 Å². The fourth-order valence-electron chi connectivity index (χ4n) is 2.72. The lowest BCUT2D eigenvalue weighted by molar-refractivity contribution is 0.0974. The zero-order chi connectivity index (χ0) is 12.9. The molecule has 4 nitrogen and oxygen atoms in total. The fraction of sp³-hybridized carbons (Fsp3) is 0.308. The molecular weight excluding hydrogens is 250 g/mol. The highest BCUT2D eigenvalue weighted by Gasteiger charge is 2.28. The summed E-state index contributed by atoms with van der Waals surface area (Å²) in [7, 11) is -3.39. The van der Waals surface area contributed by atoms with E-state index in [-0.39, 0.29) is 5.78 Å². The molecular formula is C13H13NO3S. The van der Waals surface area contributed by atoms with E-state index in [2.05, 4.69) is 0 Å². The Balaban J connectivity index is 2.53. The number of rotatable bonds is 1. The van der Waals surface area contributed by atoms with Crippen LogP contribution in [0.3, 0.4) is 0 Å². The van der Waals surface area contributed by atoms with Crippen LogP contribution in [0.2, 0.25) is 0 Å². The lowest BCUT2D eigenvalue weighted by Gasteiger charge is -2.13. The third kappa shape index (κ3) is 1.50. The molecule has 1 aliphatic rings. The predicted molar refractivity (Wildman–Crippen MR) is 69.4 cm³/mol. The molecule has 1 aromatic heterocycles. The van der Waals surface area contributed by atoms with Gasteiger partial charge in [0.25, 0.3) is 0 Å². The van der Waals surface area contributed by atoms with Gasteiger partial charge in [-0.3, -0.25) is 4.79 Å². The average molecular weight is 263 g/mol. The maximum atomic E-state index is 12.0. The number of carbonyl (C=O) groups is 1. The van der Waals surface area contributed by atoms with E-state index in [4.69, 9.17) is 0 Å². The number of aromatic nitrogens is 1. The molecule has 2 aromatic rings. The van der Waals surface area contributed by atoms with Crippen LogP contribution in [-0.4, -0.2) is 24.4 Å². The van der Waals surface area contributed by atoms with Crippen molar-refractivity contribution in [2.24, 2.45) is 0 Å². The topological polar surface area (TPSA) is 56.1 Å². The molecule has 18 heavy (non-hydrogen) atoms. The molecule has 0 aliphatic heterocycles. The van der Waals surface area contributed by atoms with Crippen molar-refractivity contribution in [2.75, 3.05) is 6.26 Å². The van der Waals surface area contributed by atoms with E-state index in [1.54, 1.807) is 12.1 Å². The Morgan fingerprint density at radius 3 is 2.61 bits per heavy atom. The molecule has 0 amide bonds. The Hall–Kier alpha value is -1.62. The van der Waals surface area contributed by atoms with Crippen LogP contribution in [-0.2, 0) is 16.4 Å². The Kier molecular flexibility index (Phi) is 2.35. The van der Waals surface area contributed by atoms with Gasteiger partial charge in [-0.1, -0.05) is 18.2 Å². The molecule has 1 aromatic carbocycles. The van der Waals surface area contributed by atoms with Gasteiger partial charge in [0.1, 0.15) is 0 Å². The summed E-state index contributed by atoms with van der Waals surface area (Å²) in [5.74, 6) is 0.0508. The Bertz CT molecular complexity index is 756. The first-order valence-electron chi connectivity index (χ1n) is 5.86. The number of Topliss-reactive ketones (excluding diaryl/α,β-unsaturated/α-hetero) is 1. The smallest absolute Gasteiger partial charge is 0.236 e. The van der Waals surface area contributed by atoms with E-state index >= 15 is 0 Å². The quantitative estimate of drug-likeness (QED) is 0.790. The van der Waals surface area contributed by atoms with E-state index in [0.29, 0.717) is 29.6 Å². The molecule has 1 heterocycles. The summed E-state index contributed by atoms with van der Waals surface area (Å²) < 4.78 is 25.2. The molecule has 0 bridgehead atoms. The minimum atomic E-state index is -3.39. The van der Waals surface area contributed by atoms with Crippen LogP contribution in [0.15, 0.2) is 24.3 Å². The highest BCUT2D eigenvalue weighted by Crippen LogP contribution is 2.32. The summed E-state index contributed by atoms with van der Waals surface area (Å²) in [5, 5.41) is 0.752. The van der Waals surface area contributed by atoms with Gasteiger partial charge in [0, 0.05) is 23.1 Å². The number of para-hydroxylation sites is 1. The molecule has 3 rings (SSSR count). The lowest BCUT2D eigenvalue weighted by Crippen LogP contribution is -2.18. The zero-order valence-electron chi connectivity index (χ0n) is 10.0. The van der Waals surface area contributed by atoms with Crippen LogP contribution in [0.5, 0.6) is 0 Å². The minimum Gasteiger partial charge on any atom is -0.294 e. The van der Waals surface area contributed by atoms with Crippen molar-refractivity contribution < 1.29 is 13.2 Å². The van der Waals surface area contributed by atoms with Gasteiger partial charge in [-0.15, -0.1) is 0 Å². The Labute approximate surface area is 105 Å². The van der Waals surface area contributed by atoms with Crippen LogP contribution in [0.25, 0.3) is 10.9 Å². The van der Waals surface area contributed by atoms with Gasteiger partial charge in [-0.2, -0.15) is 0 Å². The summed E-state index contributed by atoms with van der Waals surface area (Å²) in [5.41, 5.74) is 1.86. The van der Waals surface area contributed by atoms with E-state index in [0.717, 1.165) is 11.8 Å². The van der Waals surface area contributed by atoms with Crippen molar-refractivity contribution in [3.63, 3.8) is 0 Å². The van der Waals surface area contributed by atoms with Crippen molar-refractivity contribution in [3.8, 4) is 0 Å². The molecule has 0 saturated heterocycles. The summed E-state index contributed by atoms with van der Waals surface area (Å²) in [6.45, 7) is 0. The number of ketones is 1. The van der Waals surface area contributed by atoms with Crippen molar-refractivity contribution in [3.05, 3.63) is 35.5 Å². The number of benzene rings is 1. The SMILES string of the molecule is CS(=O)(=O)n1c2c(c3ccccc31)C(=O)CCC2. The van der Waals surface area contributed by atoms with Crippen molar-refractivity contribution in [1.82, 2.24) is 3.97 Å². The first kappa shape index (κ1) is 11.5. The molecule has 94 valence electrons. The summed E-state index contributed by atoms with van der Waals surface area (Å²) in [6, 6.07) is 7.19. The monoisotopic (exact) mass is 263 g/mol. The number of carbonyl (C=O) groups excluding carboxylic acids is 1. The predicted octanol–water partition coefficient (Wildman–Crippen LogP) is 1.97. The molecule has 0 radical (unpaired) electrons. The number of hydrogen-bond donors (Lipinski definition) is 0. The molecule has 0 fully saturated rings. The fourth-order valence-corrected chi connectivity index (χ4v) is 3.82. The van der Waals surface area contributed by atoms with E-state index < -0.39 is 10.0 Å². The van der Waals surface area contributed by atoms with Crippen molar-refractivity contribution in [2.45, 2.75) is 19.3 Å². The molecule has 0 saturated carbocycles. The van der Waals surface area contributed by atoms with Gasteiger partial charge in [0.15, 0.2) is 5.78 Å². The first-order chi connectivity index (χ1) is 8.50. The molecule has 0 unspecified atom stereocenters. The molecule has 0 spiro atoms. The number of hydrogen-bond acceptors (Lipinski definition) is 3. The standard InChI is InChI=1S/C13H13NO3S/c1-18(16,17)14-10-6-3-2-5-9(10)13-11(14)7-4-8-12(13)15/h2-3,5-6H,4,7-8H2,1H3. The van der Waals surface area contributed by atoms with Gasteiger partial charge >= 0.3 is 0 Å². The van der Waals surface area contributed by atoms with Gasteiger partial charge < -0.3 is 0 Å². The second kappa shape index (κ2) is 3.68.